The highest BCUT2D eigenvalue weighted by molar-refractivity contribution is 7.89. The Bertz CT molecular complexity index is 505. The number of halogens is 2. The summed E-state index contributed by atoms with van der Waals surface area (Å²) in [6.07, 6.45) is 0.572. The van der Waals surface area contributed by atoms with Gasteiger partial charge in [-0.15, -0.1) is 11.6 Å². The fourth-order valence-electron chi connectivity index (χ4n) is 1.68. The molecule has 6 heteroatoms. The van der Waals surface area contributed by atoms with Crippen molar-refractivity contribution in [3.8, 4) is 0 Å². The summed E-state index contributed by atoms with van der Waals surface area (Å²) in [5, 5.41) is 0. The zero-order chi connectivity index (χ0) is 13.8. The first kappa shape index (κ1) is 15.4. The van der Waals surface area contributed by atoms with Gasteiger partial charge >= 0.3 is 0 Å². The first-order valence-corrected chi connectivity index (χ1v) is 7.73. The second-order valence-corrected chi connectivity index (χ2v) is 6.23. The van der Waals surface area contributed by atoms with Crippen molar-refractivity contribution in [2.45, 2.75) is 25.2 Å². The topological polar surface area (TPSA) is 37.4 Å². The Kier molecular flexibility index (Phi) is 5.56. The third kappa shape index (κ3) is 3.43. The minimum absolute atomic E-state index is 0.0268. The maximum Gasteiger partial charge on any atom is 0.243 e. The second kappa shape index (κ2) is 6.50. The van der Waals surface area contributed by atoms with Crippen molar-refractivity contribution in [1.82, 2.24) is 4.31 Å². The molecule has 1 rings (SSSR count). The molecule has 0 atom stereocenters. The van der Waals surface area contributed by atoms with Gasteiger partial charge in [-0.05, 0) is 31.0 Å². The summed E-state index contributed by atoms with van der Waals surface area (Å²) in [7, 11) is -3.64. The van der Waals surface area contributed by atoms with E-state index in [1.165, 1.54) is 16.4 Å². The zero-order valence-electron chi connectivity index (χ0n) is 10.5. The number of hydrogen-bond donors (Lipinski definition) is 0. The van der Waals surface area contributed by atoms with Crippen molar-refractivity contribution in [3.63, 3.8) is 0 Å². The first-order chi connectivity index (χ1) is 8.43. The monoisotopic (exact) mass is 293 g/mol. The number of rotatable bonds is 6. The molecule has 0 fully saturated rings. The molecule has 1 aromatic carbocycles. The van der Waals surface area contributed by atoms with Crippen molar-refractivity contribution in [1.29, 1.82) is 0 Å². The molecule has 0 amide bonds. The highest BCUT2D eigenvalue weighted by Gasteiger charge is 2.24. The van der Waals surface area contributed by atoms with Crippen molar-refractivity contribution >= 4 is 21.6 Å². The highest BCUT2D eigenvalue weighted by atomic mass is 35.5. The van der Waals surface area contributed by atoms with Gasteiger partial charge in [-0.2, -0.15) is 4.31 Å². The van der Waals surface area contributed by atoms with Gasteiger partial charge in [-0.3, -0.25) is 0 Å². The average Bonchev–Trinajstić information content (AvgIpc) is 2.33. The lowest BCUT2D eigenvalue weighted by Gasteiger charge is -2.21. The van der Waals surface area contributed by atoms with E-state index < -0.39 is 15.8 Å². The normalized spacial score (nSPS) is 12.1. The van der Waals surface area contributed by atoms with Crippen molar-refractivity contribution in [2.24, 2.45) is 0 Å². The van der Waals surface area contributed by atoms with Gasteiger partial charge in [0.15, 0.2) is 0 Å². The number of aryl methyl sites for hydroxylation is 1. The molecule has 1 aromatic rings. The molecule has 102 valence electrons. The molecule has 0 radical (unpaired) electrons. The van der Waals surface area contributed by atoms with Gasteiger partial charge in [-0.25, -0.2) is 12.8 Å². The Morgan fingerprint density at radius 3 is 2.61 bits per heavy atom. The van der Waals surface area contributed by atoms with Crippen LogP contribution >= 0.6 is 11.6 Å². The molecular formula is C12H17ClFNO2S. The van der Waals surface area contributed by atoms with Crippen LogP contribution in [0, 0.1) is 12.7 Å². The molecule has 0 aliphatic rings. The smallest absolute Gasteiger partial charge is 0.207 e. The predicted molar refractivity (Wildman–Crippen MR) is 70.9 cm³/mol. The lowest BCUT2D eigenvalue weighted by atomic mass is 10.2. The lowest BCUT2D eigenvalue weighted by Crippen LogP contribution is -2.32. The Hall–Kier alpha value is -0.650. The van der Waals surface area contributed by atoms with Crippen LogP contribution in [0.5, 0.6) is 0 Å². The van der Waals surface area contributed by atoms with E-state index in [4.69, 9.17) is 11.6 Å². The molecule has 18 heavy (non-hydrogen) atoms. The SMILES string of the molecule is CCN(CCCCl)S(=O)(=O)c1cc(F)ccc1C. The Morgan fingerprint density at radius 1 is 1.39 bits per heavy atom. The van der Waals surface area contributed by atoms with Crippen LogP contribution < -0.4 is 0 Å². The molecule has 0 saturated heterocycles. The van der Waals surface area contributed by atoms with E-state index in [9.17, 15) is 12.8 Å². The van der Waals surface area contributed by atoms with Gasteiger partial charge < -0.3 is 0 Å². The van der Waals surface area contributed by atoms with Gasteiger partial charge in [-0.1, -0.05) is 13.0 Å². The van der Waals surface area contributed by atoms with Crippen molar-refractivity contribution < 1.29 is 12.8 Å². The molecule has 0 aromatic heterocycles. The van der Waals surface area contributed by atoms with E-state index in [0.29, 0.717) is 31.0 Å². The summed E-state index contributed by atoms with van der Waals surface area (Å²) in [5.41, 5.74) is 0.542. The maximum absolute atomic E-state index is 13.2. The quantitative estimate of drug-likeness (QED) is 0.756. The van der Waals surface area contributed by atoms with Crippen LogP contribution in [0.15, 0.2) is 23.1 Å². The van der Waals surface area contributed by atoms with Crippen LogP contribution in [-0.2, 0) is 10.0 Å². The van der Waals surface area contributed by atoms with E-state index in [1.807, 2.05) is 0 Å². The van der Waals surface area contributed by atoms with E-state index >= 15 is 0 Å². The van der Waals surface area contributed by atoms with Crippen molar-refractivity contribution in [2.75, 3.05) is 19.0 Å². The summed E-state index contributed by atoms with van der Waals surface area (Å²) in [4.78, 5) is 0.0268. The fraction of sp³-hybridized carbons (Fsp3) is 0.500. The molecule has 0 saturated carbocycles. The van der Waals surface area contributed by atoms with E-state index in [1.54, 1.807) is 13.8 Å². The summed E-state index contributed by atoms with van der Waals surface area (Å²) < 4.78 is 39.2. The number of benzene rings is 1. The van der Waals surface area contributed by atoms with Crippen LogP contribution in [0.4, 0.5) is 4.39 Å². The molecule has 0 spiro atoms. The minimum atomic E-state index is -3.64. The highest BCUT2D eigenvalue weighted by Crippen LogP contribution is 2.21. The molecular weight excluding hydrogens is 277 g/mol. The predicted octanol–water partition coefficient (Wildman–Crippen LogP) is 2.77. The molecule has 0 bridgehead atoms. The van der Waals surface area contributed by atoms with Crippen LogP contribution in [0.2, 0.25) is 0 Å². The molecule has 3 nitrogen and oxygen atoms in total. The summed E-state index contributed by atoms with van der Waals surface area (Å²) >= 11 is 5.57. The van der Waals surface area contributed by atoms with Crippen LogP contribution in [-0.4, -0.2) is 31.7 Å². The number of nitrogens with zero attached hydrogens (tertiary/aromatic N) is 1. The standard InChI is InChI=1S/C12H17ClFNO2S/c1-3-15(8-4-7-13)18(16,17)12-9-11(14)6-5-10(12)2/h5-6,9H,3-4,7-8H2,1-2H3. The first-order valence-electron chi connectivity index (χ1n) is 5.75. The van der Waals surface area contributed by atoms with Crippen LogP contribution in [0.3, 0.4) is 0 Å². The van der Waals surface area contributed by atoms with Gasteiger partial charge in [0.25, 0.3) is 0 Å². The van der Waals surface area contributed by atoms with Gasteiger partial charge in [0.05, 0.1) is 4.90 Å². The third-order valence-electron chi connectivity index (χ3n) is 2.66. The molecule has 0 aliphatic carbocycles. The summed E-state index contributed by atoms with van der Waals surface area (Å²) in [5.74, 6) is -0.152. The third-order valence-corrected chi connectivity index (χ3v) is 5.05. The van der Waals surface area contributed by atoms with Gasteiger partial charge in [0.2, 0.25) is 10.0 Å². The Morgan fingerprint density at radius 2 is 2.06 bits per heavy atom. The maximum atomic E-state index is 13.2. The zero-order valence-corrected chi connectivity index (χ0v) is 12.1. The minimum Gasteiger partial charge on any atom is -0.207 e. The number of sulfonamides is 1. The Labute approximate surface area is 113 Å². The van der Waals surface area contributed by atoms with Gasteiger partial charge in [0, 0.05) is 19.0 Å². The van der Waals surface area contributed by atoms with Crippen LogP contribution in [0.25, 0.3) is 0 Å². The van der Waals surface area contributed by atoms with Gasteiger partial charge in [0.1, 0.15) is 5.82 Å². The molecule has 0 N–H and O–H groups in total. The molecule has 0 unspecified atom stereocenters. The second-order valence-electron chi connectivity index (χ2n) is 3.95. The molecule has 0 aliphatic heterocycles. The lowest BCUT2D eigenvalue weighted by molar-refractivity contribution is 0.427. The van der Waals surface area contributed by atoms with Crippen molar-refractivity contribution in [3.05, 3.63) is 29.6 Å². The average molecular weight is 294 g/mol. The molecule has 0 heterocycles. The summed E-state index contributed by atoms with van der Waals surface area (Å²) in [6.45, 7) is 4.09. The fourth-order valence-corrected chi connectivity index (χ4v) is 3.52. The van der Waals surface area contributed by atoms with E-state index in [2.05, 4.69) is 0 Å². The number of alkyl halides is 1. The van der Waals surface area contributed by atoms with E-state index in [0.717, 1.165) is 6.07 Å². The van der Waals surface area contributed by atoms with Crippen LogP contribution in [0.1, 0.15) is 18.9 Å². The Balaban J connectivity index is 3.14. The largest absolute Gasteiger partial charge is 0.243 e. The number of hydrogen-bond acceptors (Lipinski definition) is 2. The summed E-state index contributed by atoms with van der Waals surface area (Å²) in [6, 6.07) is 3.79. The van der Waals surface area contributed by atoms with E-state index in [-0.39, 0.29) is 4.90 Å².